The molecule has 1 fully saturated rings. The van der Waals surface area contributed by atoms with Crippen LogP contribution in [0.5, 0.6) is 5.75 Å². The number of carbonyl (C=O) groups is 1. The predicted molar refractivity (Wildman–Crippen MR) is 76.1 cm³/mol. The Labute approximate surface area is 118 Å². The Kier molecular flexibility index (Phi) is 4.98. The van der Waals surface area contributed by atoms with Crippen LogP contribution in [0.4, 0.5) is 0 Å². The molecule has 0 radical (unpaired) electrons. The van der Waals surface area contributed by atoms with Crippen molar-refractivity contribution in [3.05, 3.63) is 30.3 Å². The van der Waals surface area contributed by atoms with Gasteiger partial charge in [0.15, 0.2) is 6.61 Å². The van der Waals surface area contributed by atoms with Gasteiger partial charge in [0, 0.05) is 25.4 Å². The van der Waals surface area contributed by atoms with Crippen molar-refractivity contribution >= 4 is 11.6 Å². The van der Waals surface area contributed by atoms with Crippen molar-refractivity contribution in [1.29, 1.82) is 0 Å². The number of ether oxygens (including phenoxy) is 1. The van der Waals surface area contributed by atoms with Crippen molar-refractivity contribution in [2.75, 3.05) is 19.7 Å². The van der Waals surface area contributed by atoms with E-state index in [2.05, 4.69) is 5.16 Å². The summed E-state index contributed by atoms with van der Waals surface area (Å²) in [6.07, 6.45) is 1.49. The van der Waals surface area contributed by atoms with Crippen molar-refractivity contribution in [2.24, 2.45) is 11.1 Å². The lowest BCUT2D eigenvalue weighted by atomic mass is 9.93. The Hall–Kier alpha value is -2.04. The van der Waals surface area contributed by atoms with Gasteiger partial charge in [0.2, 0.25) is 0 Å². The quantitative estimate of drug-likeness (QED) is 0.677. The minimum Gasteiger partial charge on any atom is -0.484 e. The lowest BCUT2D eigenvalue weighted by Crippen LogP contribution is -2.45. The van der Waals surface area contributed by atoms with E-state index in [1.807, 2.05) is 37.3 Å². The van der Waals surface area contributed by atoms with Gasteiger partial charge in [-0.3, -0.25) is 4.79 Å². The van der Waals surface area contributed by atoms with Crippen LogP contribution in [0.15, 0.2) is 35.5 Å². The molecule has 1 heterocycles. The zero-order valence-electron chi connectivity index (χ0n) is 11.7. The molecular formula is C15H20N2O3. The monoisotopic (exact) mass is 276 g/mol. The zero-order chi connectivity index (χ0) is 14.4. The fourth-order valence-corrected chi connectivity index (χ4v) is 2.39. The van der Waals surface area contributed by atoms with Crippen molar-refractivity contribution < 1.29 is 14.7 Å². The third-order valence-corrected chi connectivity index (χ3v) is 3.63. The smallest absolute Gasteiger partial charge is 0.260 e. The third-order valence-electron chi connectivity index (χ3n) is 3.63. The number of benzene rings is 1. The van der Waals surface area contributed by atoms with E-state index < -0.39 is 0 Å². The second-order valence-corrected chi connectivity index (χ2v) is 4.89. The summed E-state index contributed by atoms with van der Waals surface area (Å²) in [5, 5.41) is 12.3. The van der Waals surface area contributed by atoms with Gasteiger partial charge in [-0.1, -0.05) is 30.3 Å². The molecule has 0 bridgehead atoms. The van der Waals surface area contributed by atoms with Crippen LogP contribution in [0.25, 0.3) is 0 Å². The number of hydrogen-bond acceptors (Lipinski definition) is 4. The Morgan fingerprint density at radius 2 is 2.20 bits per heavy atom. The van der Waals surface area contributed by atoms with E-state index >= 15 is 0 Å². The molecule has 0 aliphatic carbocycles. The molecule has 1 amide bonds. The SMILES string of the molecule is CCC1CN(C(=O)COc2ccccc2)CC/C1=N\O. The minimum atomic E-state index is -0.0238. The highest BCUT2D eigenvalue weighted by Crippen LogP contribution is 2.18. The Balaban J connectivity index is 1.87. The highest BCUT2D eigenvalue weighted by Gasteiger charge is 2.27. The van der Waals surface area contributed by atoms with Crippen molar-refractivity contribution in [2.45, 2.75) is 19.8 Å². The maximum absolute atomic E-state index is 12.1. The van der Waals surface area contributed by atoms with Crippen LogP contribution in [0.1, 0.15) is 19.8 Å². The Bertz CT molecular complexity index is 473. The van der Waals surface area contributed by atoms with E-state index in [0.29, 0.717) is 25.3 Å². The molecule has 1 saturated heterocycles. The molecule has 1 N–H and O–H groups in total. The number of likely N-dealkylation sites (tertiary alicyclic amines) is 1. The molecule has 1 aromatic carbocycles. The summed E-state index contributed by atoms with van der Waals surface area (Å²) < 4.78 is 5.47. The van der Waals surface area contributed by atoms with Crippen molar-refractivity contribution in [3.8, 4) is 5.75 Å². The molecule has 5 heteroatoms. The fourth-order valence-electron chi connectivity index (χ4n) is 2.39. The molecule has 0 spiro atoms. The van der Waals surface area contributed by atoms with E-state index in [9.17, 15) is 4.79 Å². The molecule has 0 aromatic heterocycles. The molecule has 5 nitrogen and oxygen atoms in total. The van der Waals surface area contributed by atoms with Crippen molar-refractivity contribution in [3.63, 3.8) is 0 Å². The Morgan fingerprint density at radius 1 is 1.45 bits per heavy atom. The number of rotatable bonds is 4. The first-order valence-corrected chi connectivity index (χ1v) is 6.91. The Morgan fingerprint density at radius 3 is 2.85 bits per heavy atom. The molecule has 1 aliphatic rings. The van der Waals surface area contributed by atoms with Gasteiger partial charge in [0.1, 0.15) is 5.75 Å². The van der Waals surface area contributed by atoms with Gasteiger partial charge in [-0.05, 0) is 18.6 Å². The summed E-state index contributed by atoms with van der Waals surface area (Å²) in [7, 11) is 0. The number of para-hydroxylation sites is 1. The second-order valence-electron chi connectivity index (χ2n) is 4.89. The van der Waals surface area contributed by atoms with Crippen molar-refractivity contribution in [1.82, 2.24) is 4.90 Å². The van der Waals surface area contributed by atoms with Gasteiger partial charge in [-0.15, -0.1) is 0 Å². The summed E-state index contributed by atoms with van der Waals surface area (Å²) in [5.41, 5.74) is 0.792. The van der Waals surface area contributed by atoms with E-state index in [1.165, 1.54) is 0 Å². The number of piperidine rings is 1. The van der Waals surface area contributed by atoms with Crippen LogP contribution in [-0.4, -0.2) is 41.4 Å². The van der Waals surface area contributed by atoms with Gasteiger partial charge in [0.25, 0.3) is 5.91 Å². The second kappa shape index (κ2) is 6.93. The largest absolute Gasteiger partial charge is 0.484 e. The van der Waals surface area contributed by atoms with E-state index in [0.717, 1.165) is 12.1 Å². The van der Waals surface area contributed by atoms with Crippen LogP contribution in [-0.2, 0) is 4.79 Å². The molecule has 1 unspecified atom stereocenters. The number of nitrogens with zero attached hydrogens (tertiary/aromatic N) is 2. The van der Waals surface area contributed by atoms with E-state index in [1.54, 1.807) is 4.90 Å². The third kappa shape index (κ3) is 3.50. The summed E-state index contributed by atoms with van der Waals surface area (Å²) >= 11 is 0. The van der Waals surface area contributed by atoms with Crippen LogP contribution in [0, 0.1) is 5.92 Å². The fraction of sp³-hybridized carbons (Fsp3) is 0.467. The molecule has 1 aromatic rings. The standard InChI is InChI=1S/C15H20N2O3/c1-2-12-10-17(9-8-14(12)16-19)15(18)11-20-13-6-4-3-5-7-13/h3-7,12,19H,2,8-11H2,1H3/b16-14+. The van der Waals surface area contributed by atoms with Crippen LogP contribution in [0.3, 0.4) is 0 Å². The minimum absolute atomic E-state index is 0.0238. The number of carbonyl (C=O) groups excluding carboxylic acids is 1. The van der Waals surface area contributed by atoms with E-state index in [-0.39, 0.29) is 18.4 Å². The highest BCUT2D eigenvalue weighted by atomic mass is 16.5. The topological polar surface area (TPSA) is 62.1 Å². The summed E-state index contributed by atoms with van der Waals surface area (Å²) in [5.74, 6) is 0.821. The highest BCUT2D eigenvalue weighted by molar-refractivity contribution is 5.89. The first-order chi connectivity index (χ1) is 9.74. The predicted octanol–water partition coefficient (Wildman–Crippen LogP) is 2.15. The van der Waals surface area contributed by atoms with Gasteiger partial charge < -0.3 is 14.8 Å². The average Bonchev–Trinajstić information content (AvgIpc) is 2.52. The lowest BCUT2D eigenvalue weighted by molar-refractivity contribution is -0.134. The normalized spacial score (nSPS) is 20.9. The van der Waals surface area contributed by atoms with Crippen LogP contribution < -0.4 is 4.74 Å². The lowest BCUT2D eigenvalue weighted by Gasteiger charge is -2.32. The molecule has 1 aliphatic heterocycles. The summed E-state index contributed by atoms with van der Waals surface area (Å²) in [6.45, 7) is 3.27. The molecule has 0 saturated carbocycles. The summed E-state index contributed by atoms with van der Waals surface area (Å²) in [6, 6.07) is 9.31. The van der Waals surface area contributed by atoms with Crippen LogP contribution in [0.2, 0.25) is 0 Å². The van der Waals surface area contributed by atoms with Gasteiger partial charge in [0.05, 0.1) is 5.71 Å². The number of oxime groups is 1. The zero-order valence-corrected chi connectivity index (χ0v) is 11.7. The van der Waals surface area contributed by atoms with E-state index in [4.69, 9.17) is 9.94 Å². The maximum Gasteiger partial charge on any atom is 0.260 e. The molecule has 108 valence electrons. The number of amides is 1. The first-order valence-electron chi connectivity index (χ1n) is 6.91. The first kappa shape index (κ1) is 14.4. The van der Waals surface area contributed by atoms with Gasteiger partial charge in [-0.2, -0.15) is 0 Å². The molecule has 2 rings (SSSR count). The average molecular weight is 276 g/mol. The van der Waals surface area contributed by atoms with Crippen LogP contribution >= 0.6 is 0 Å². The molecule has 20 heavy (non-hydrogen) atoms. The summed E-state index contributed by atoms with van der Waals surface area (Å²) in [4.78, 5) is 13.9. The molecular weight excluding hydrogens is 256 g/mol. The number of hydrogen-bond donors (Lipinski definition) is 1. The maximum atomic E-state index is 12.1. The van der Waals surface area contributed by atoms with Gasteiger partial charge >= 0.3 is 0 Å². The molecule has 1 atom stereocenters. The van der Waals surface area contributed by atoms with Gasteiger partial charge in [-0.25, -0.2) is 0 Å².